The maximum absolute atomic E-state index is 13.2. The summed E-state index contributed by atoms with van der Waals surface area (Å²) in [4.78, 5) is 36.3. The van der Waals surface area contributed by atoms with Gasteiger partial charge < -0.3 is 15.4 Å². The highest BCUT2D eigenvalue weighted by Crippen LogP contribution is 2.29. The summed E-state index contributed by atoms with van der Waals surface area (Å²) in [7, 11) is 0. The first-order valence-electron chi connectivity index (χ1n) is 9.55. The summed E-state index contributed by atoms with van der Waals surface area (Å²) in [6, 6.07) is 13.0. The molecule has 2 N–H and O–H groups in total. The van der Waals surface area contributed by atoms with E-state index in [1.807, 2.05) is 18.2 Å². The molecule has 1 aliphatic rings. The summed E-state index contributed by atoms with van der Waals surface area (Å²) in [5, 5.41) is 5.28. The number of halogens is 1. The van der Waals surface area contributed by atoms with Crippen LogP contribution in [0.5, 0.6) is 0 Å². The fourth-order valence-corrected chi connectivity index (χ4v) is 3.37. The summed E-state index contributed by atoms with van der Waals surface area (Å²) in [6.45, 7) is 1.07. The van der Waals surface area contributed by atoms with E-state index in [1.54, 1.807) is 0 Å². The van der Waals surface area contributed by atoms with Crippen LogP contribution in [0.2, 0.25) is 0 Å². The number of esters is 1. The normalized spacial score (nSPS) is 16.3. The second kappa shape index (κ2) is 9.32. The number of aryl methyl sites for hydroxylation is 1. The molecule has 0 aromatic heterocycles. The molecule has 152 valence electrons. The molecule has 0 bridgehead atoms. The van der Waals surface area contributed by atoms with Crippen LogP contribution in [0.4, 0.5) is 4.39 Å². The standard InChI is InChI=1S/C22H23FN2O4/c1-14(21(27)25-19-11-5-7-15-6-2-3-10-18(15)19)29-20(26)13-24-22(28)16-8-4-9-17(23)12-16/h2-4,6,8-10,12,14,19H,5,7,11,13H2,1H3,(H,24,28)(H,25,27)/t14-,19-/m0/s1. The molecule has 0 unspecified atom stereocenters. The Morgan fingerprint density at radius 1 is 1.17 bits per heavy atom. The van der Waals surface area contributed by atoms with Crippen LogP contribution in [0.1, 0.15) is 47.3 Å². The third-order valence-corrected chi connectivity index (χ3v) is 4.84. The van der Waals surface area contributed by atoms with Gasteiger partial charge in [-0.15, -0.1) is 0 Å². The molecular formula is C22H23FN2O4. The molecule has 1 aliphatic carbocycles. The molecule has 2 aromatic carbocycles. The molecule has 0 fully saturated rings. The van der Waals surface area contributed by atoms with Gasteiger partial charge in [-0.1, -0.05) is 30.3 Å². The minimum Gasteiger partial charge on any atom is -0.451 e. The molecule has 3 rings (SSSR count). The maximum atomic E-state index is 13.2. The van der Waals surface area contributed by atoms with Crippen molar-refractivity contribution in [2.24, 2.45) is 0 Å². The van der Waals surface area contributed by atoms with Crippen molar-refractivity contribution in [3.05, 3.63) is 71.0 Å². The van der Waals surface area contributed by atoms with Crippen molar-refractivity contribution in [2.45, 2.75) is 38.3 Å². The summed E-state index contributed by atoms with van der Waals surface area (Å²) in [5.41, 5.74) is 2.40. The molecule has 2 aromatic rings. The van der Waals surface area contributed by atoms with Crippen LogP contribution in [0, 0.1) is 5.82 Å². The summed E-state index contributed by atoms with van der Waals surface area (Å²) < 4.78 is 18.3. The van der Waals surface area contributed by atoms with Gasteiger partial charge in [0.25, 0.3) is 11.8 Å². The molecule has 0 aliphatic heterocycles. The number of carbonyl (C=O) groups excluding carboxylic acids is 3. The molecule has 0 spiro atoms. The molecule has 0 saturated carbocycles. The Morgan fingerprint density at radius 3 is 2.76 bits per heavy atom. The first kappa shape index (κ1) is 20.5. The average molecular weight is 398 g/mol. The minimum atomic E-state index is -0.998. The third kappa shape index (κ3) is 5.40. The van der Waals surface area contributed by atoms with E-state index in [0.29, 0.717) is 0 Å². The van der Waals surface area contributed by atoms with Crippen molar-refractivity contribution >= 4 is 17.8 Å². The predicted molar refractivity (Wildman–Crippen MR) is 105 cm³/mol. The van der Waals surface area contributed by atoms with Crippen molar-refractivity contribution in [3.63, 3.8) is 0 Å². The molecule has 0 radical (unpaired) electrons. The quantitative estimate of drug-likeness (QED) is 0.733. The number of fused-ring (bicyclic) bond motifs is 1. The van der Waals surface area contributed by atoms with Gasteiger partial charge in [-0.25, -0.2) is 4.39 Å². The van der Waals surface area contributed by atoms with E-state index in [9.17, 15) is 18.8 Å². The second-order valence-electron chi connectivity index (χ2n) is 6.98. The highest BCUT2D eigenvalue weighted by molar-refractivity contribution is 5.96. The predicted octanol–water partition coefficient (Wildman–Crippen LogP) is 2.68. The molecule has 7 heteroatoms. The average Bonchev–Trinajstić information content (AvgIpc) is 2.72. The number of hydrogen-bond donors (Lipinski definition) is 2. The van der Waals surface area contributed by atoms with Crippen LogP contribution in [0.15, 0.2) is 48.5 Å². The number of rotatable bonds is 6. The van der Waals surface area contributed by atoms with Crippen LogP contribution >= 0.6 is 0 Å². The first-order valence-corrected chi connectivity index (χ1v) is 9.55. The third-order valence-electron chi connectivity index (χ3n) is 4.84. The first-order chi connectivity index (χ1) is 13.9. The number of carbonyl (C=O) groups is 3. The molecular weight excluding hydrogens is 375 g/mol. The lowest BCUT2D eigenvalue weighted by Gasteiger charge is -2.27. The highest BCUT2D eigenvalue weighted by atomic mass is 19.1. The van der Waals surface area contributed by atoms with E-state index in [4.69, 9.17) is 4.74 Å². The summed E-state index contributed by atoms with van der Waals surface area (Å²) in [5.74, 6) is -2.29. The molecule has 6 nitrogen and oxygen atoms in total. The fourth-order valence-electron chi connectivity index (χ4n) is 3.37. The van der Waals surface area contributed by atoms with E-state index < -0.39 is 36.2 Å². The van der Waals surface area contributed by atoms with Gasteiger partial charge >= 0.3 is 5.97 Å². The zero-order valence-corrected chi connectivity index (χ0v) is 16.1. The van der Waals surface area contributed by atoms with Gasteiger partial charge in [0, 0.05) is 5.56 Å². The number of benzene rings is 2. The molecule has 29 heavy (non-hydrogen) atoms. The Bertz CT molecular complexity index is 915. The molecule has 2 atom stereocenters. The lowest BCUT2D eigenvalue weighted by atomic mass is 9.87. The lowest BCUT2D eigenvalue weighted by molar-refractivity contribution is -0.154. The lowest BCUT2D eigenvalue weighted by Crippen LogP contribution is -2.41. The molecule has 0 heterocycles. The van der Waals surface area contributed by atoms with Gasteiger partial charge in [-0.3, -0.25) is 14.4 Å². The van der Waals surface area contributed by atoms with Crippen LogP contribution in [0.3, 0.4) is 0 Å². The van der Waals surface area contributed by atoms with Crippen molar-refractivity contribution in [1.29, 1.82) is 0 Å². The molecule has 0 saturated heterocycles. The van der Waals surface area contributed by atoms with Crippen molar-refractivity contribution < 1.29 is 23.5 Å². The van der Waals surface area contributed by atoms with E-state index in [2.05, 4.69) is 16.7 Å². The smallest absolute Gasteiger partial charge is 0.326 e. The van der Waals surface area contributed by atoms with Gasteiger partial charge in [0.2, 0.25) is 0 Å². The topological polar surface area (TPSA) is 84.5 Å². The zero-order valence-electron chi connectivity index (χ0n) is 16.1. The monoisotopic (exact) mass is 398 g/mol. The van der Waals surface area contributed by atoms with Crippen LogP contribution in [-0.2, 0) is 20.7 Å². The van der Waals surface area contributed by atoms with Gasteiger partial charge in [-0.2, -0.15) is 0 Å². The zero-order chi connectivity index (χ0) is 20.8. The number of ether oxygens (including phenoxy) is 1. The Morgan fingerprint density at radius 2 is 1.97 bits per heavy atom. The van der Waals surface area contributed by atoms with Gasteiger partial charge in [0.15, 0.2) is 6.10 Å². The van der Waals surface area contributed by atoms with Gasteiger partial charge in [0.05, 0.1) is 6.04 Å². The van der Waals surface area contributed by atoms with E-state index in [0.717, 1.165) is 30.9 Å². The van der Waals surface area contributed by atoms with Crippen LogP contribution in [-0.4, -0.2) is 30.4 Å². The van der Waals surface area contributed by atoms with E-state index in [1.165, 1.54) is 30.7 Å². The van der Waals surface area contributed by atoms with Crippen molar-refractivity contribution in [2.75, 3.05) is 6.54 Å². The SMILES string of the molecule is C[C@H](OC(=O)CNC(=O)c1cccc(F)c1)C(=O)N[C@H]1CCCc2ccccc21. The minimum absolute atomic E-state index is 0.0968. The number of nitrogens with one attached hydrogen (secondary N) is 2. The van der Waals surface area contributed by atoms with E-state index in [-0.39, 0.29) is 11.6 Å². The van der Waals surface area contributed by atoms with Gasteiger partial charge in [0.1, 0.15) is 12.4 Å². The highest BCUT2D eigenvalue weighted by Gasteiger charge is 2.25. The van der Waals surface area contributed by atoms with E-state index >= 15 is 0 Å². The van der Waals surface area contributed by atoms with Gasteiger partial charge in [-0.05, 0) is 55.5 Å². The number of hydrogen-bond acceptors (Lipinski definition) is 4. The van der Waals surface area contributed by atoms with Crippen LogP contribution in [0.25, 0.3) is 0 Å². The Kier molecular flexibility index (Phi) is 6.59. The second-order valence-corrected chi connectivity index (χ2v) is 6.98. The Balaban J connectivity index is 1.48. The largest absolute Gasteiger partial charge is 0.451 e. The van der Waals surface area contributed by atoms with Crippen molar-refractivity contribution in [1.82, 2.24) is 10.6 Å². The fraction of sp³-hybridized carbons (Fsp3) is 0.318. The number of amides is 2. The Labute approximate surface area is 168 Å². The van der Waals surface area contributed by atoms with Crippen LogP contribution < -0.4 is 10.6 Å². The van der Waals surface area contributed by atoms with Crippen molar-refractivity contribution in [3.8, 4) is 0 Å². The maximum Gasteiger partial charge on any atom is 0.326 e. The Hall–Kier alpha value is -3.22. The summed E-state index contributed by atoms with van der Waals surface area (Å²) in [6.07, 6.45) is 1.79. The summed E-state index contributed by atoms with van der Waals surface area (Å²) >= 11 is 0. The molecule has 2 amide bonds.